The van der Waals surface area contributed by atoms with E-state index in [1.807, 2.05) is 41.9 Å². The fourth-order valence-electron chi connectivity index (χ4n) is 3.18. The summed E-state index contributed by atoms with van der Waals surface area (Å²) in [4.78, 5) is 26.0. The van der Waals surface area contributed by atoms with Crippen molar-refractivity contribution in [3.63, 3.8) is 0 Å². The molecule has 2 atom stereocenters. The van der Waals surface area contributed by atoms with Crippen LogP contribution < -0.4 is 10.1 Å². The molecule has 29 heavy (non-hydrogen) atoms. The second-order valence-corrected chi connectivity index (χ2v) is 6.65. The number of methoxy groups -OCH3 is 1. The number of nitrogens with zero attached hydrogens (tertiary/aromatic N) is 5. The number of hydrogen-bond donors (Lipinski definition) is 1. The second kappa shape index (κ2) is 8.52. The lowest BCUT2D eigenvalue weighted by Crippen LogP contribution is -2.35. The third-order valence-electron chi connectivity index (χ3n) is 4.50. The number of rotatable bonds is 6. The Morgan fingerprint density at radius 1 is 1.24 bits per heavy atom. The molecule has 148 valence electrons. The maximum absolute atomic E-state index is 13.1. The molecule has 3 aromatic rings. The molecule has 0 saturated carbocycles. The van der Waals surface area contributed by atoms with Gasteiger partial charge in [-0.05, 0) is 26.0 Å². The molecule has 1 aromatic carbocycles. The maximum atomic E-state index is 13.1. The number of benzene rings is 1. The van der Waals surface area contributed by atoms with Gasteiger partial charge < -0.3 is 14.6 Å². The van der Waals surface area contributed by atoms with E-state index in [4.69, 9.17) is 4.74 Å². The van der Waals surface area contributed by atoms with Crippen molar-refractivity contribution in [2.45, 2.75) is 25.8 Å². The van der Waals surface area contributed by atoms with E-state index in [1.165, 1.54) is 0 Å². The van der Waals surface area contributed by atoms with Crippen molar-refractivity contribution in [1.29, 1.82) is 5.26 Å². The van der Waals surface area contributed by atoms with Gasteiger partial charge in [-0.1, -0.05) is 18.2 Å². The number of aryl methyl sites for hydroxylation is 3. The Bertz CT molecular complexity index is 1050. The van der Waals surface area contributed by atoms with Gasteiger partial charge in [-0.25, -0.2) is 15.0 Å². The van der Waals surface area contributed by atoms with Gasteiger partial charge in [0.15, 0.2) is 11.7 Å². The first-order valence-corrected chi connectivity index (χ1v) is 9.07. The van der Waals surface area contributed by atoms with E-state index < -0.39 is 17.9 Å². The summed E-state index contributed by atoms with van der Waals surface area (Å²) < 4.78 is 7.28. The van der Waals surface area contributed by atoms with E-state index in [0.29, 0.717) is 23.0 Å². The molecule has 2 heterocycles. The van der Waals surface area contributed by atoms with E-state index in [2.05, 4.69) is 20.3 Å². The Balaban J connectivity index is 2.00. The number of hydrogen-bond acceptors (Lipinski definition) is 6. The molecule has 0 spiro atoms. The van der Waals surface area contributed by atoms with Gasteiger partial charge in [0, 0.05) is 36.4 Å². The van der Waals surface area contributed by atoms with Crippen LogP contribution in [0.3, 0.4) is 0 Å². The molecule has 0 bridgehead atoms. The SMILES string of the molecule is COc1ccccc1[C@@H](NC(=O)[C@@H](C#N)c1nc(C)cc(C)n1)c1nccn1C. The predicted octanol–water partition coefficient (Wildman–Crippen LogP) is 2.35. The fourth-order valence-corrected chi connectivity index (χ4v) is 3.18. The summed E-state index contributed by atoms with van der Waals surface area (Å²) in [6.07, 6.45) is 3.44. The van der Waals surface area contributed by atoms with Crippen molar-refractivity contribution in [2.75, 3.05) is 7.11 Å². The highest BCUT2D eigenvalue weighted by Crippen LogP contribution is 2.29. The zero-order valence-corrected chi connectivity index (χ0v) is 16.7. The fraction of sp³-hybridized carbons (Fsp3) is 0.286. The third kappa shape index (κ3) is 4.24. The molecule has 8 nitrogen and oxygen atoms in total. The normalized spacial score (nSPS) is 12.7. The van der Waals surface area contributed by atoms with Crippen LogP contribution in [0.25, 0.3) is 0 Å². The lowest BCUT2D eigenvalue weighted by atomic mass is 10.0. The van der Waals surface area contributed by atoms with Crippen LogP contribution in [0.1, 0.15) is 40.6 Å². The summed E-state index contributed by atoms with van der Waals surface area (Å²) in [5, 5.41) is 12.6. The van der Waals surface area contributed by atoms with Gasteiger partial charge in [-0.15, -0.1) is 0 Å². The molecule has 0 aliphatic rings. The molecule has 0 fully saturated rings. The van der Waals surface area contributed by atoms with Crippen molar-refractivity contribution in [3.05, 3.63) is 71.3 Å². The van der Waals surface area contributed by atoms with E-state index >= 15 is 0 Å². The number of carbonyl (C=O) groups excluding carboxylic acids is 1. The summed E-state index contributed by atoms with van der Waals surface area (Å²) in [7, 11) is 3.41. The summed E-state index contributed by atoms with van der Waals surface area (Å²) in [5.41, 5.74) is 2.13. The number of imidazole rings is 1. The summed E-state index contributed by atoms with van der Waals surface area (Å²) >= 11 is 0. The topological polar surface area (TPSA) is 106 Å². The number of amides is 1. The molecule has 0 unspecified atom stereocenters. The van der Waals surface area contributed by atoms with Crippen LogP contribution in [0.4, 0.5) is 0 Å². The molecule has 3 rings (SSSR count). The number of nitriles is 1. The van der Waals surface area contributed by atoms with Crippen molar-refractivity contribution < 1.29 is 9.53 Å². The lowest BCUT2D eigenvalue weighted by molar-refractivity contribution is -0.122. The highest BCUT2D eigenvalue weighted by Gasteiger charge is 2.30. The summed E-state index contributed by atoms with van der Waals surface area (Å²) in [5.74, 6) is -0.249. The van der Waals surface area contributed by atoms with Gasteiger partial charge >= 0.3 is 0 Å². The molecular weight excluding hydrogens is 368 g/mol. The first-order chi connectivity index (χ1) is 13.9. The molecule has 0 saturated heterocycles. The predicted molar refractivity (Wildman–Crippen MR) is 106 cm³/mol. The molecular formula is C21H22N6O2. The number of nitrogens with one attached hydrogen (secondary N) is 1. The Hall–Kier alpha value is -3.73. The highest BCUT2D eigenvalue weighted by atomic mass is 16.5. The zero-order valence-electron chi connectivity index (χ0n) is 16.7. The summed E-state index contributed by atoms with van der Waals surface area (Å²) in [6, 6.07) is 10.6. The maximum Gasteiger partial charge on any atom is 0.246 e. The molecule has 0 aliphatic heterocycles. The number of para-hydroxylation sites is 1. The number of aromatic nitrogens is 4. The Kier molecular flexibility index (Phi) is 5.88. The minimum atomic E-state index is -1.15. The van der Waals surface area contributed by atoms with Crippen LogP contribution in [0.2, 0.25) is 0 Å². The molecule has 8 heteroatoms. The van der Waals surface area contributed by atoms with Crippen LogP contribution in [-0.4, -0.2) is 32.5 Å². The standard InChI is InChI=1S/C21H22N6O2/c1-13-11-14(2)25-19(24-13)16(12-22)21(28)26-18(20-23-9-10-27(20)3)15-7-5-6-8-17(15)29-4/h5-11,16,18H,1-4H3,(H,26,28)/t16-,18+/m0/s1. The van der Waals surface area contributed by atoms with Crippen molar-refractivity contribution in [2.24, 2.45) is 7.05 Å². The van der Waals surface area contributed by atoms with Gasteiger partial charge in [0.1, 0.15) is 17.6 Å². The van der Waals surface area contributed by atoms with Crippen molar-refractivity contribution in [3.8, 4) is 11.8 Å². The average molecular weight is 390 g/mol. The first-order valence-electron chi connectivity index (χ1n) is 9.07. The lowest BCUT2D eigenvalue weighted by Gasteiger charge is -2.22. The Labute approximate surface area is 169 Å². The van der Waals surface area contributed by atoms with E-state index in [-0.39, 0.29) is 5.82 Å². The Morgan fingerprint density at radius 3 is 2.52 bits per heavy atom. The first kappa shape index (κ1) is 20.0. The van der Waals surface area contributed by atoms with Gasteiger partial charge in [0.2, 0.25) is 5.91 Å². The number of ether oxygens (including phenoxy) is 1. The van der Waals surface area contributed by atoms with E-state index in [0.717, 1.165) is 5.56 Å². The monoisotopic (exact) mass is 390 g/mol. The third-order valence-corrected chi connectivity index (χ3v) is 4.50. The quantitative estimate of drug-likeness (QED) is 0.692. The van der Waals surface area contributed by atoms with E-state index in [9.17, 15) is 10.1 Å². The smallest absolute Gasteiger partial charge is 0.246 e. The Morgan fingerprint density at radius 2 is 1.93 bits per heavy atom. The molecule has 2 aromatic heterocycles. The van der Waals surface area contributed by atoms with Crippen LogP contribution in [0.15, 0.2) is 42.7 Å². The minimum absolute atomic E-state index is 0.182. The number of carbonyl (C=O) groups is 1. The molecule has 0 radical (unpaired) electrons. The second-order valence-electron chi connectivity index (χ2n) is 6.65. The van der Waals surface area contributed by atoms with Gasteiger partial charge in [-0.2, -0.15) is 5.26 Å². The van der Waals surface area contributed by atoms with Crippen LogP contribution in [0.5, 0.6) is 5.75 Å². The van der Waals surface area contributed by atoms with Crippen LogP contribution in [-0.2, 0) is 11.8 Å². The molecule has 0 aliphatic carbocycles. The largest absolute Gasteiger partial charge is 0.496 e. The van der Waals surface area contributed by atoms with Crippen molar-refractivity contribution in [1.82, 2.24) is 24.8 Å². The van der Waals surface area contributed by atoms with Gasteiger partial charge in [0.05, 0.1) is 13.2 Å². The summed E-state index contributed by atoms with van der Waals surface area (Å²) in [6.45, 7) is 3.60. The highest BCUT2D eigenvalue weighted by molar-refractivity contribution is 5.86. The van der Waals surface area contributed by atoms with E-state index in [1.54, 1.807) is 39.4 Å². The van der Waals surface area contributed by atoms with Crippen LogP contribution >= 0.6 is 0 Å². The minimum Gasteiger partial charge on any atom is -0.496 e. The molecule has 1 N–H and O–H groups in total. The average Bonchev–Trinajstić information content (AvgIpc) is 3.11. The van der Waals surface area contributed by atoms with Crippen LogP contribution in [0, 0.1) is 25.2 Å². The molecule has 1 amide bonds. The van der Waals surface area contributed by atoms with Gasteiger partial charge in [0.25, 0.3) is 0 Å². The van der Waals surface area contributed by atoms with Gasteiger partial charge in [-0.3, -0.25) is 4.79 Å². The zero-order chi connectivity index (χ0) is 21.0. The van der Waals surface area contributed by atoms with Crippen molar-refractivity contribution >= 4 is 5.91 Å².